The summed E-state index contributed by atoms with van der Waals surface area (Å²) in [5.41, 5.74) is -0.531. The Hall–Kier alpha value is -2.37. The van der Waals surface area contributed by atoms with Crippen LogP contribution in [0.15, 0.2) is 24.3 Å². The number of ether oxygens (including phenoxy) is 1. The van der Waals surface area contributed by atoms with Gasteiger partial charge in [-0.2, -0.15) is 0 Å². The summed E-state index contributed by atoms with van der Waals surface area (Å²) in [4.78, 5) is 37.3. The summed E-state index contributed by atoms with van der Waals surface area (Å²) in [5, 5.41) is 9.34. The van der Waals surface area contributed by atoms with E-state index in [2.05, 4.69) is 0 Å². The molecule has 1 atom stereocenters. The molecule has 1 aromatic rings. The Balaban J connectivity index is 1.86. The summed E-state index contributed by atoms with van der Waals surface area (Å²) in [6.07, 6.45) is 2.02. The highest BCUT2D eigenvalue weighted by Crippen LogP contribution is 2.30. The Morgan fingerprint density at radius 1 is 1.21 bits per heavy atom. The minimum absolute atomic E-state index is 0.0344. The molecule has 0 aromatic heterocycles. The number of carbonyl (C=O) groups excluding carboxylic acids is 2. The standard InChI is InChI=1S/C18H23NO5/c1-18(17(22)23)11-4-12-19(18)16(21)6-3-5-15(20)13-7-9-14(24-2)10-8-13/h7-10H,3-6,11-12H2,1-2H3,(H,22,23). The van der Waals surface area contributed by atoms with Crippen LogP contribution in [0.5, 0.6) is 5.75 Å². The van der Waals surface area contributed by atoms with E-state index in [9.17, 15) is 19.5 Å². The van der Waals surface area contributed by atoms with Crippen molar-refractivity contribution in [2.75, 3.05) is 13.7 Å². The summed E-state index contributed by atoms with van der Waals surface area (Å²) >= 11 is 0. The first-order valence-electron chi connectivity index (χ1n) is 8.09. The molecule has 0 spiro atoms. The fraction of sp³-hybridized carbons (Fsp3) is 0.500. The number of Topliss-reactive ketones (excluding diaryl/α,β-unsaturated/α-hetero) is 1. The molecule has 1 heterocycles. The Bertz CT molecular complexity index is 625. The van der Waals surface area contributed by atoms with Gasteiger partial charge in [0.1, 0.15) is 11.3 Å². The molecule has 0 radical (unpaired) electrons. The second-order valence-corrected chi connectivity index (χ2v) is 6.23. The fourth-order valence-corrected chi connectivity index (χ4v) is 3.04. The molecule has 6 heteroatoms. The van der Waals surface area contributed by atoms with Crippen LogP contribution in [0, 0.1) is 0 Å². The van der Waals surface area contributed by atoms with Gasteiger partial charge in [0, 0.05) is 24.9 Å². The third-order valence-electron chi connectivity index (χ3n) is 4.61. The van der Waals surface area contributed by atoms with Gasteiger partial charge in [0.25, 0.3) is 0 Å². The molecule has 130 valence electrons. The molecule has 0 saturated carbocycles. The molecule has 1 saturated heterocycles. The van der Waals surface area contributed by atoms with Crippen molar-refractivity contribution >= 4 is 17.7 Å². The molecule has 0 aliphatic carbocycles. The molecule has 1 aliphatic rings. The summed E-state index contributed by atoms with van der Waals surface area (Å²) < 4.78 is 5.05. The first-order valence-corrected chi connectivity index (χ1v) is 8.09. The lowest BCUT2D eigenvalue weighted by atomic mass is 9.98. The molecule has 1 N–H and O–H groups in total. The molecular formula is C18H23NO5. The molecule has 2 rings (SSSR count). The predicted molar refractivity (Wildman–Crippen MR) is 88.2 cm³/mol. The third-order valence-corrected chi connectivity index (χ3v) is 4.61. The molecular weight excluding hydrogens is 310 g/mol. The van der Waals surface area contributed by atoms with E-state index in [1.54, 1.807) is 38.3 Å². The van der Waals surface area contributed by atoms with Crippen molar-refractivity contribution in [2.24, 2.45) is 0 Å². The van der Waals surface area contributed by atoms with Crippen molar-refractivity contribution < 1.29 is 24.2 Å². The van der Waals surface area contributed by atoms with Gasteiger partial charge in [-0.3, -0.25) is 9.59 Å². The Morgan fingerprint density at radius 3 is 2.46 bits per heavy atom. The summed E-state index contributed by atoms with van der Waals surface area (Å²) in [5.74, 6) is -0.515. The van der Waals surface area contributed by atoms with Gasteiger partial charge in [0.2, 0.25) is 5.91 Å². The second kappa shape index (κ2) is 7.47. The number of ketones is 1. The first kappa shape index (κ1) is 18.0. The van der Waals surface area contributed by atoms with E-state index in [0.717, 1.165) is 0 Å². The lowest BCUT2D eigenvalue weighted by Crippen LogP contribution is -2.50. The SMILES string of the molecule is COc1ccc(C(=O)CCCC(=O)N2CCCC2(C)C(=O)O)cc1. The molecule has 1 amide bonds. The average molecular weight is 333 g/mol. The summed E-state index contributed by atoms with van der Waals surface area (Å²) in [7, 11) is 1.56. The van der Waals surface area contributed by atoms with Gasteiger partial charge in [-0.25, -0.2) is 4.79 Å². The fourth-order valence-electron chi connectivity index (χ4n) is 3.04. The van der Waals surface area contributed by atoms with Crippen molar-refractivity contribution in [2.45, 2.75) is 44.6 Å². The van der Waals surface area contributed by atoms with Gasteiger partial charge in [-0.15, -0.1) is 0 Å². The van der Waals surface area contributed by atoms with Crippen LogP contribution in [0.25, 0.3) is 0 Å². The minimum atomic E-state index is -1.11. The third kappa shape index (κ3) is 3.75. The van der Waals surface area contributed by atoms with Gasteiger partial charge in [-0.1, -0.05) is 0 Å². The van der Waals surface area contributed by atoms with Gasteiger partial charge in [-0.05, 0) is 50.5 Å². The number of amides is 1. The maximum atomic E-state index is 12.3. The van der Waals surface area contributed by atoms with Crippen molar-refractivity contribution in [3.05, 3.63) is 29.8 Å². The monoisotopic (exact) mass is 333 g/mol. The smallest absolute Gasteiger partial charge is 0.329 e. The van der Waals surface area contributed by atoms with Crippen LogP contribution in [0.1, 0.15) is 49.4 Å². The average Bonchev–Trinajstić information content (AvgIpc) is 2.98. The van der Waals surface area contributed by atoms with E-state index < -0.39 is 11.5 Å². The normalized spacial score (nSPS) is 20.0. The quantitative estimate of drug-likeness (QED) is 0.775. The van der Waals surface area contributed by atoms with Gasteiger partial charge in [0.15, 0.2) is 5.78 Å². The predicted octanol–water partition coefficient (Wildman–Crippen LogP) is 2.51. The molecule has 1 aliphatic heterocycles. The molecule has 24 heavy (non-hydrogen) atoms. The van der Waals surface area contributed by atoms with Crippen LogP contribution in [0.3, 0.4) is 0 Å². The largest absolute Gasteiger partial charge is 0.497 e. The van der Waals surface area contributed by atoms with Crippen molar-refractivity contribution in [3.63, 3.8) is 0 Å². The number of benzene rings is 1. The van der Waals surface area contributed by atoms with Crippen LogP contribution < -0.4 is 4.74 Å². The maximum Gasteiger partial charge on any atom is 0.329 e. The van der Waals surface area contributed by atoms with E-state index >= 15 is 0 Å². The highest BCUT2D eigenvalue weighted by atomic mass is 16.5. The number of hydrogen-bond donors (Lipinski definition) is 1. The number of carbonyl (C=O) groups is 3. The molecule has 1 fully saturated rings. The topological polar surface area (TPSA) is 83.9 Å². The summed E-state index contributed by atoms with van der Waals surface area (Å²) in [6, 6.07) is 6.84. The summed E-state index contributed by atoms with van der Waals surface area (Å²) in [6.45, 7) is 2.05. The number of rotatable bonds is 7. The van der Waals surface area contributed by atoms with Crippen molar-refractivity contribution in [3.8, 4) is 5.75 Å². The van der Waals surface area contributed by atoms with E-state index in [4.69, 9.17) is 4.74 Å². The van der Waals surface area contributed by atoms with Crippen molar-refractivity contribution in [1.29, 1.82) is 0 Å². The molecule has 1 unspecified atom stereocenters. The molecule has 6 nitrogen and oxygen atoms in total. The number of carboxylic acid groups (broad SMARTS) is 1. The zero-order valence-electron chi connectivity index (χ0n) is 14.1. The zero-order chi connectivity index (χ0) is 17.7. The number of carboxylic acids is 1. The van der Waals surface area contributed by atoms with Crippen LogP contribution in [0.4, 0.5) is 0 Å². The lowest BCUT2D eigenvalue weighted by molar-refractivity contribution is -0.155. The van der Waals surface area contributed by atoms with Crippen LogP contribution in [-0.2, 0) is 9.59 Å². The molecule has 0 bridgehead atoms. The number of likely N-dealkylation sites (tertiary alicyclic amines) is 1. The Labute approximate surface area is 141 Å². The second-order valence-electron chi connectivity index (χ2n) is 6.23. The molecule has 1 aromatic carbocycles. The van der Waals surface area contributed by atoms with E-state index in [1.165, 1.54) is 4.90 Å². The first-order chi connectivity index (χ1) is 11.4. The van der Waals surface area contributed by atoms with Crippen molar-refractivity contribution in [1.82, 2.24) is 4.90 Å². The van der Waals surface area contributed by atoms with Crippen LogP contribution >= 0.6 is 0 Å². The lowest BCUT2D eigenvalue weighted by Gasteiger charge is -2.31. The highest BCUT2D eigenvalue weighted by molar-refractivity contribution is 5.96. The van der Waals surface area contributed by atoms with Crippen LogP contribution in [-0.4, -0.2) is 46.9 Å². The van der Waals surface area contributed by atoms with E-state index in [-0.39, 0.29) is 24.5 Å². The number of aliphatic carboxylic acids is 1. The minimum Gasteiger partial charge on any atom is -0.497 e. The van der Waals surface area contributed by atoms with E-state index in [1.807, 2.05) is 0 Å². The van der Waals surface area contributed by atoms with Gasteiger partial charge >= 0.3 is 5.97 Å². The number of methoxy groups -OCH3 is 1. The zero-order valence-corrected chi connectivity index (χ0v) is 14.1. The van der Waals surface area contributed by atoms with E-state index in [0.29, 0.717) is 37.1 Å². The highest BCUT2D eigenvalue weighted by Gasteiger charge is 2.45. The van der Waals surface area contributed by atoms with Crippen LogP contribution in [0.2, 0.25) is 0 Å². The number of nitrogens with zero attached hydrogens (tertiary/aromatic N) is 1. The Kier molecular flexibility index (Phi) is 5.59. The Morgan fingerprint density at radius 2 is 1.88 bits per heavy atom. The van der Waals surface area contributed by atoms with Gasteiger partial charge < -0.3 is 14.7 Å². The maximum absolute atomic E-state index is 12.3. The van der Waals surface area contributed by atoms with Gasteiger partial charge in [0.05, 0.1) is 7.11 Å². The number of hydrogen-bond acceptors (Lipinski definition) is 4.